The van der Waals surface area contributed by atoms with E-state index in [1.54, 1.807) is 0 Å². The van der Waals surface area contributed by atoms with Crippen molar-refractivity contribution < 1.29 is 19.1 Å². The Kier molecular flexibility index (Phi) is 6.89. The molecular weight excluding hydrogens is 244 g/mol. The first-order valence-electron chi connectivity index (χ1n) is 7.41. The Bertz CT molecular complexity index is 291. The Balaban J connectivity index is 2.28. The van der Waals surface area contributed by atoms with Gasteiger partial charge >= 0.3 is 11.9 Å². The summed E-state index contributed by atoms with van der Waals surface area (Å²) < 4.78 is 10.4. The maximum absolute atomic E-state index is 11.8. The predicted octanol–water partition coefficient (Wildman–Crippen LogP) is 3.09. The molecule has 110 valence electrons. The highest BCUT2D eigenvalue weighted by atomic mass is 16.5. The molecular formula is C15H26O4. The van der Waals surface area contributed by atoms with Gasteiger partial charge in [-0.15, -0.1) is 0 Å². The first-order chi connectivity index (χ1) is 9.04. The minimum atomic E-state index is -0.118. The van der Waals surface area contributed by atoms with Crippen LogP contribution in [-0.2, 0) is 19.1 Å². The number of carbonyl (C=O) groups is 2. The largest absolute Gasteiger partial charge is 0.465 e. The summed E-state index contributed by atoms with van der Waals surface area (Å²) in [4.78, 5) is 23.5. The van der Waals surface area contributed by atoms with Gasteiger partial charge in [0.15, 0.2) is 0 Å². The van der Waals surface area contributed by atoms with Crippen LogP contribution in [0.15, 0.2) is 0 Å². The molecule has 0 aromatic rings. The number of carbonyl (C=O) groups excluding carboxylic acids is 2. The molecule has 4 nitrogen and oxygen atoms in total. The van der Waals surface area contributed by atoms with Gasteiger partial charge in [-0.1, -0.05) is 13.3 Å². The van der Waals surface area contributed by atoms with Gasteiger partial charge in [-0.3, -0.25) is 9.59 Å². The van der Waals surface area contributed by atoms with Crippen molar-refractivity contribution in [3.63, 3.8) is 0 Å². The van der Waals surface area contributed by atoms with Crippen LogP contribution in [0.4, 0.5) is 0 Å². The normalized spacial score (nSPS) is 23.2. The van der Waals surface area contributed by atoms with Crippen molar-refractivity contribution in [2.24, 2.45) is 11.8 Å². The highest BCUT2D eigenvalue weighted by Gasteiger charge is 2.31. The molecule has 0 atom stereocenters. The lowest BCUT2D eigenvalue weighted by Gasteiger charge is -2.26. The number of ether oxygens (including phenoxy) is 2. The fourth-order valence-electron chi connectivity index (χ4n) is 2.33. The molecule has 4 heteroatoms. The number of rotatable bonds is 6. The molecule has 1 aliphatic rings. The molecule has 0 heterocycles. The Morgan fingerprint density at radius 2 is 1.58 bits per heavy atom. The quantitative estimate of drug-likeness (QED) is 0.550. The number of hydrogen-bond acceptors (Lipinski definition) is 4. The van der Waals surface area contributed by atoms with Gasteiger partial charge in [0.05, 0.1) is 24.5 Å². The average molecular weight is 270 g/mol. The molecule has 0 saturated heterocycles. The molecule has 0 amide bonds. The molecule has 1 rings (SSSR count). The van der Waals surface area contributed by atoms with Crippen LogP contribution in [0.1, 0.15) is 59.3 Å². The third-order valence-corrected chi connectivity index (χ3v) is 3.49. The van der Waals surface area contributed by atoms with Crippen LogP contribution in [0.25, 0.3) is 0 Å². The lowest BCUT2D eigenvalue weighted by molar-refractivity contribution is -0.157. The Labute approximate surface area is 115 Å². The Hall–Kier alpha value is -1.06. The van der Waals surface area contributed by atoms with Crippen molar-refractivity contribution in [3.8, 4) is 0 Å². The molecule has 0 spiro atoms. The molecule has 0 unspecified atom stereocenters. The van der Waals surface area contributed by atoms with Gasteiger partial charge in [0, 0.05) is 0 Å². The van der Waals surface area contributed by atoms with Gasteiger partial charge in [0.2, 0.25) is 0 Å². The number of hydrogen-bond donors (Lipinski definition) is 0. The molecule has 19 heavy (non-hydrogen) atoms. The standard InChI is InChI=1S/C15H26O4/c1-4-5-10-18-14(16)12-6-8-13(9-7-12)15(17)19-11(2)3/h11-13H,4-10H2,1-3H3. The maximum Gasteiger partial charge on any atom is 0.309 e. The second kappa shape index (κ2) is 8.18. The summed E-state index contributed by atoms with van der Waals surface area (Å²) in [6, 6.07) is 0. The molecule has 0 aromatic heterocycles. The van der Waals surface area contributed by atoms with Gasteiger partial charge in [0.25, 0.3) is 0 Å². The van der Waals surface area contributed by atoms with Gasteiger partial charge < -0.3 is 9.47 Å². The third-order valence-electron chi connectivity index (χ3n) is 3.49. The Morgan fingerprint density at radius 1 is 1.05 bits per heavy atom. The molecule has 0 aliphatic heterocycles. The second-order valence-corrected chi connectivity index (χ2v) is 5.56. The van der Waals surface area contributed by atoms with E-state index in [4.69, 9.17) is 9.47 Å². The minimum absolute atomic E-state index is 0.0278. The SMILES string of the molecule is CCCCOC(=O)C1CCC(C(=O)OC(C)C)CC1. The van der Waals surface area contributed by atoms with Gasteiger partial charge in [0.1, 0.15) is 0 Å². The highest BCUT2D eigenvalue weighted by molar-refractivity contribution is 5.75. The van der Waals surface area contributed by atoms with Crippen molar-refractivity contribution in [2.75, 3.05) is 6.61 Å². The van der Waals surface area contributed by atoms with Gasteiger partial charge in [-0.05, 0) is 46.0 Å². The number of unbranched alkanes of at least 4 members (excludes halogenated alkanes) is 1. The molecule has 1 aliphatic carbocycles. The van der Waals surface area contributed by atoms with Crippen molar-refractivity contribution in [1.29, 1.82) is 0 Å². The smallest absolute Gasteiger partial charge is 0.309 e. The molecule has 1 fully saturated rings. The van der Waals surface area contributed by atoms with E-state index in [-0.39, 0.29) is 29.9 Å². The minimum Gasteiger partial charge on any atom is -0.465 e. The fraction of sp³-hybridized carbons (Fsp3) is 0.867. The summed E-state index contributed by atoms with van der Waals surface area (Å²) >= 11 is 0. The first-order valence-corrected chi connectivity index (χ1v) is 7.41. The van der Waals surface area contributed by atoms with Gasteiger partial charge in [-0.25, -0.2) is 0 Å². The van der Waals surface area contributed by atoms with Crippen LogP contribution in [-0.4, -0.2) is 24.6 Å². The maximum atomic E-state index is 11.8. The van der Waals surface area contributed by atoms with E-state index in [9.17, 15) is 9.59 Å². The molecule has 0 radical (unpaired) electrons. The summed E-state index contributed by atoms with van der Waals surface area (Å²) in [5.74, 6) is -0.279. The zero-order valence-electron chi connectivity index (χ0n) is 12.3. The van der Waals surface area contributed by atoms with E-state index in [2.05, 4.69) is 6.92 Å². The summed E-state index contributed by atoms with van der Waals surface area (Å²) in [7, 11) is 0. The summed E-state index contributed by atoms with van der Waals surface area (Å²) in [6.07, 6.45) is 4.83. The third kappa shape index (κ3) is 5.62. The van der Waals surface area contributed by atoms with E-state index in [1.807, 2.05) is 13.8 Å². The zero-order chi connectivity index (χ0) is 14.3. The van der Waals surface area contributed by atoms with Crippen molar-refractivity contribution in [1.82, 2.24) is 0 Å². The summed E-state index contributed by atoms with van der Waals surface area (Å²) in [5.41, 5.74) is 0. The van der Waals surface area contributed by atoms with Crippen LogP contribution in [0.5, 0.6) is 0 Å². The molecule has 0 N–H and O–H groups in total. The van der Waals surface area contributed by atoms with Crippen LogP contribution in [0.2, 0.25) is 0 Å². The highest BCUT2D eigenvalue weighted by Crippen LogP contribution is 2.30. The van der Waals surface area contributed by atoms with Crippen LogP contribution < -0.4 is 0 Å². The van der Waals surface area contributed by atoms with E-state index >= 15 is 0 Å². The summed E-state index contributed by atoms with van der Waals surface area (Å²) in [6.45, 7) is 6.30. The predicted molar refractivity (Wildman–Crippen MR) is 72.5 cm³/mol. The topological polar surface area (TPSA) is 52.6 Å². The lowest BCUT2D eigenvalue weighted by Crippen LogP contribution is -2.29. The fourth-order valence-corrected chi connectivity index (χ4v) is 2.33. The van der Waals surface area contributed by atoms with Crippen molar-refractivity contribution in [2.45, 2.75) is 65.4 Å². The van der Waals surface area contributed by atoms with E-state index < -0.39 is 0 Å². The Morgan fingerprint density at radius 3 is 2.05 bits per heavy atom. The van der Waals surface area contributed by atoms with Crippen LogP contribution >= 0.6 is 0 Å². The molecule has 0 aromatic carbocycles. The summed E-state index contributed by atoms with van der Waals surface area (Å²) in [5, 5.41) is 0. The zero-order valence-corrected chi connectivity index (χ0v) is 12.3. The van der Waals surface area contributed by atoms with Crippen LogP contribution in [0.3, 0.4) is 0 Å². The van der Waals surface area contributed by atoms with E-state index in [1.165, 1.54) is 0 Å². The number of esters is 2. The van der Waals surface area contributed by atoms with Crippen molar-refractivity contribution in [3.05, 3.63) is 0 Å². The second-order valence-electron chi connectivity index (χ2n) is 5.56. The van der Waals surface area contributed by atoms with Gasteiger partial charge in [-0.2, -0.15) is 0 Å². The molecule has 1 saturated carbocycles. The first kappa shape index (κ1) is 16.0. The average Bonchev–Trinajstić information content (AvgIpc) is 2.38. The lowest BCUT2D eigenvalue weighted by atomic mass is 9.82. The van der Waals surface area contributed by atoms with E-state index in [0.717, 1.165) is 38.5 Å². The monoisotopic (exact) mass is 270 g/mol. The molecule has 0 bridgehead atoms. The van der Waals surface area contributed by atoms with Crippen LogP contribution in [0, 0.1) is 11.8 Å². The van der Waals surface area contributed by atoms with E-state index in [0.29, 0.717) is 6.61 Å². The van der Waals surface area contributed by atoms with Crippen molar-refractivity contribution >= 4 is 11.9 Å².